The minimum Gasteiger partial charge on any atom is -0.480 e. The van der Waals surface area contributed by atoms with Gasteiger partial charge in [-0.2, -0.15) is 0 Å². The van der Waals surface area contributed by atoms with Crippen molar-refractivity contribution in [2.45, 2.75) is 18.4 Å². The van der Waals surface area contributed by atoms with Crippen LogP contribution in [-0.2, 0) is 4.79 Å². The molecule has 0 saturated heterocycles. The molecule has 0 fully saturated rings. The molecule has 78 valence electrons. The van der Waals surface area contributed by atoms with Crippen LogP contribution in [0.3, 0.4) is 0 Å². The van der Waals surface area contributed by atoms with Crippen molar-refractivity contribution in [1.82, 2.24) is 0 Å². The number of nitrogens with zero attached hydrogens (tertiary/aromatic N) is 1. The lowest BCUT2D eigenvalue weighted by Crippen LogP contribution is -2.31. The highest BCUT2D eigenvalue weighted by atomic mass is 16.4. The second kappa shape index (κ2) is 3.82. The Morgan fingerprint density at radius 3 is 3.00 bits per heavy atom. The monoisotopic (exact) mass is 204 g/mol. The highest BCUT2D eigenvalue weighted by molar-refractivity contribution is 5.82. The lowest BCUT2D eigenvalue weighted by Gasteiger charge is -2.11. The van der Waals surface area contributed by atoms with E-state index in [1.54, 1.807) is 6.21 Å². The van der Waals surface area contributed by atoms with E-state index < -0.39 is 12.0 Å². The van der Waals surface area contributed by atoms with Gasteiger partial charge in [0, 0.05) is 12.1 Å². The Balaban J connectivity index is 2.15. The fraction of sp³-hybridized carbons (Fsp3) is 0.273. The fourth-order valence-electron chi connectivity index (χ4n) is 1.73. The van der Waals surface area contributed by atoms with Gasteiger partial charge in [0.05, 0.1) is 5.69 Å². The van der Waals surface area contributed by atoms with E-state index in [0.717, 1.165) is 11.3 Å². The summed E-state index contributed by atoms with van der Waals surface area (Å²) in [7, 11) is 0. The van der Waals surface area contributed by atoms with Crippen LogP contribution in [-0.4, -0.2) is 23.3 Å². The quantitative estimate of drug-likeness (QED) is 0.778. The van der Waals surface area contributed by atoms with Crippen LogP contribution in [0.2, 0.25) is 0 Å². The van der Waals surface area contributed by atoms with Crippen molar-refractivity contribution >= 4 is 17.9 Å². The van der Waals surface area contributed by atoms with Crippen molar-refractivity contribution < 1.29 is 9.90 Å². The summed E-state index contributed by atoms with van der Waals surface area (Å²) in [4.78, 5) is 14.8. The molecule has 0 bridgehead atoms. The molecule has 0 saturated carbocycles. The van der Waals surface area contributed by atoms with Crippen molar-refractivity contribution in [3.63, 3.8) is 0 Å². The number of aliphatic carboxylic acids is 1. The van der Waals surface area contributed by atoms with Crippen LogP contribution in [0.1, 0.15) is 17.9 Å². The van der Waals surface area contributed by atoms with Crippen molar-refractivity contribution in [2.75, 3.05) is 0 Å². The lowest BCUT2D eigenvalue weighted by atomic mass is 9.94. The lowest BCUT2D eigenvalue weighted by molar-refractivity contribution is -0.138. The molecule has 0 spiro atoms. The molecule has 0 radical (unpaired) electrons. The van der Waals surface area contributed by atoms with Gasteiger partial charge in [-0.25, -0.2) is 0 Å². The number of benzene rings is 1. The number of carboxylic acid groups (broad SMARTS) is 1. The smallest absolute Gasteiger partial charge is 0.320 e. The average molecular weight is 204 g/mol. The van der Waals surface area contributed by atoms with Crippen LogP contribution in [0, 0.1) is 0 Å². The normalized spacial score (nSPS) is 19.9. The number of para-hydroxylation sites is 1. The third-order valence-electron chi connectivity index (χ3n) is 2.55. The number of carboxylic acids is 1. The molecule has 1 heterocycles. The first-order valence-electron chi connectivity index (χ1n) is 4.80. The summed E-state index contributed by atoms with van der Waals surface area (Å²) in [6, 6.07) is 6.88. The third kappa shape index (κ3) is 1.89. The van der Waals surface area contributed by atoms with Gasteiger partial charge in [-0.15, -0.1) is 0 Å². The summed E-state index contributed by atoms with van der Waals surface area (Å²) in [6.07, 6.45) is 2.17. The number of carbonyl (C=O) groups is 1. The molecule has 0 aromatic heterocycles. The van der Waals surface area contributed by atoms with E-state index in [4.69, 9.17) is 10.8 Å². The molecule has 4 heteroatoms. The van der Waals surface area contributed by atoms with E-state index in [1.807, 2.05) is 24.3 Å². The second-order valence-corrected chi connectivity index (χ2v) is 3.62. The maximum absolute atomic E-state index is 10.6. The minimum absolute atomic E-state index is 0.0345. The molecule has 3 N–H and O–H groups in total. The molecule has 4 nitrogen and oxygen atoms in total. The van der Waals surface area contributed by atoms with Crippen molar-refractivity contribution in [3.8, 4) is 0 Å². The van der Waals surface area contributed by atoms with Gasteiger partial charge < -0.3 is 10.8 Å². The molecule has 2 rings (SSSR count). The predicted molar refractivity (Wildman–Crippen MR) is 57.6 cm³/mol. The Bertz CT molecular complexity index is 415. The average Bonchev–Trinajstić information content (AvgIpc) is 2.62. The Kier molecular flexibility index (Phi) is 2.51. The molecule has 1 unspecified atom stereocenters. The zero-order valence-corrected chi connectivity index (χ0v) is 8.13. The zero-order chi connectivity index (χ0) is 10.8. The highest BCUT2D eigenvalue weighted by Crippen LogP contribution is 2.33. The van der Waals surface area contributed by atoms with Gasteiger partial charge in [-0.1, -0.05) is 18.2 Å². The first-order chi connectivity index (χ1) is 7.18. The van der Waals surface area contributed by atoms with Crippen molar-refractivity contribution in [3.05, 3.63) is 29.8 Å². The van der Waals surface area contributed by atoms with Crippen LogP contribution in [0.5, 0.6) is 0 Å². The molecule has 2 atom stereocenters. The summed E-state index contributed by atoms with van der Waals surface area (Å²) in [5, 5.41) is 8.72. The van der Waals surface area contributed by atoms with E-state index in [0.29, 0.717) is 6.42 Å². The first-order valence-corrected chi connectivity index (χ1v) is 4.80. The number of rotatable bonds is 3. The minimum atomic E-state index is -0.965. The largest absolute Gasteiger partial charge is 0.480 e. The molecule has 0 amide bonds. The summed E-state index contributed by atoms with van der Waals surface area (Å²) in [5.74, 6) is -0.930. The number of hydrogen-bond acceptors (Lipinski definition) is 3. The van der Waals surface area contributed by atoms with E-state index in [9.17, 15) is 4.79 Å². The Hall–Kier alpha value is -1.68. The van der Waals surface area contributed by atoms with E-state index in [2.05, 4.69) is 4.99 Å². The maximum Gasteiger partial charge on any atom is 0.320 e. The molecular weight excluding hydrogens is 192 g/mol. The Morgan fingerprint density at radius 1 is 1.53 bits per heavy atom. The molecule has 1 aliphatic rings. The number of nitrogens with two attached hydrogens (primary N) is 1. The molecular formula is C11H12N2O2. The van der Waals surface area contributed by atoms with Gasteiger partial charge in [0.15, 0.2) is 0 Å². The van der Waals surface area contributed by atoms with Crippen LogP contribution in [0.4, 0.5) is 5.69 Å². The summed E-state index contributed by atoms with van der Waals surface area (Å²) >= 11 is 0. The zero-order valence-electron chi connectivity index (χ0n) is 8.13. The van der Waals surface area contributed by atoms with Crippen molar-refractivity contribution in [2.24, 2.45) is 10.7 Å². The predicted octanol–water partition coefficient (Wildman–Crippen LogP) is 1.29. The van der Waals surface area contributed by atoms with E-state index in [1.165, 1.54) is 0 Å². The summed E-state index contributed by atoms with van der Waals surface area (Å²) < 4.78 is 0. The molecule has 15 heavy (non-hydrogen) atoms. The van der Waals surface area contributed by atoms with Gasteiger partial charge in [-0.05, 0) is 18.1 Å². The van der Waals surface area contributed by atoms with E-state index in [-0.39, 0.29) is 5.92 Å². The SMILES string of the molecule is N[C@H](CC1C=Nc2ccccc21)C(=O)O. The summed E-state index contributed by atoms with van der Waals surface area (Å²) in [5.41, 5.74) is 7.47. The van der Waals surface area contributed by atoms with Crippen LogP contribution < -0.4 is 5.73 Å². The third-order valence-corrected chi connectivity index (χ3v) is 2.55. The molecule has 1 aromatic carbocycles. The Labute approximate surface area is 87.4 Å². The molecule has 0 aliphatic carbocycles. The first kappa shape index (κ1) is 9.86. The van der Waals surface area contributed by atoms with Gasteiger partial charge >= 0.3 is 5.97 Å². The van der Waals surface area contributed by atoms with Crippen LogP contribution in [0.25, 0.3) is 0 Å². The van der Waals surface area contributed by atoms with Gasteiger partial charge in [-0.3, -0.25) is 9.79 Å². The Morgan fingerprint density at radius 2 is 2.27 bits per heavy atom. The highest BCUT2D eigenvalue weighted by Gasteiger charge is 2.23. The maximum atomic E-state index is 10.6. The van der Waals surface area contributed by atoms with Gasteiger partial charge in [0.2, 0.25) is 0 Å². The van der Waals surface area contributed by atoms with Crippen LogP contribution in [0.15, 0.2) is 29.3 Å². The molecule has 1 aromatic rings. The number of fused-ring (bicyclic) bond motifs is 1. The van der Waals surface area contributed by atoms with Crippen molar-refractivity contribution in [1.29, 1.82) is 0 Å². The topological polar surface area (TPSA) is 75.7 Å². The van der Waals surface area contributed by atoms with E-state index >= 15 is 0 Å². The standard InChI is InChI=1S/C11H12N2O2/c12-9(11(14)15)5-7-6-13-10-4-2-1-3-8(7)10/h1-4,6-7,9H,5,12H2,(H,14,15)/t7?,9-/m1/s1. The fourth-order valence-corrected chi connectivity index (χ4v) is 1.73. The van der Waals surface area contributed by atoms with Crippen LogP contribution >= 0.6 is 0 Å². The second-order valence-electron chi connectivity index (χ2n) is 3.62. The number of aliphatic imine (C=N–C) groups is 1. The van der Waals surface area contributed by atoms with Gasteiger partial charge in [0.25, 0.3) is 0 Å². The van der Waals surface area contributed by atoms with Gasteiger partial charge in [0.1, 0.15) is 6.04 Å². The number of hydrogen-bond donors (Lipinski definition) is 2. The molecule has 1 aliphatic heterocycles. The summed E-state index contributed by atoms with van der Waals surface area (Å²) in [6.45, 7) is 0.